The average Bonchev–Trinajstić information content (AvgIpc) is 2.57. The number of carbonyl (C=O) groups is 1. The maximum atomic E-state index is 11.6. The first kappa shape index (κ1) is 15.7. The monoisotopic (exact) mass is 267 g/mol. The van der Waals surface area contributed by atoms with E-state index in [4.69, 9.17) is 4.74 Å². The van der Waals surface area contributed by atoms with Crippen molar-refractivity contribution in [3.8, 4) is 0 Å². The third-order valence-corrected chi connectivity index (χ3v) is 2.94. The van der Waals surface area contributed by atoms with Crippen LogP contribution in [0.3, 0.4) is 0 Å². The summed E-state index contributed by atoms with van der Waals surface area (Å²) < 4.78 is 7.11. The van der Waals surface area contributed by atoms with E-state index in [2.05, 4.69) is 17.3 Å². The Morgan fingerprint density at radius 1 is 1.53 bits per heavy atom. The van der Waals surface area contributed by atoms with Crippen LogP contribution in [0.15, 0.2) is 6.20 Å². The molecule has 0 radical (unpaired) electrons. The molecule has 0 aliphatic rings. The standard InChI is InChI=1S/C14H25N3O2/c1-10(12-9-16-17(6)11(12)2)15-8-7-13(18)19-14(3,4)5/h9-10,15H,7-8H2,1-6H3. The van der Waals surface area contributed by atoms with Crippen LogP contribution in [-0.2, 0) is 16.6 Å². The predicted octanol–water partition coefficient (Wildman–Crippen LogP) is 2.11. The Balaban J connectivity index is 2.37. The molecule has 0 amide bonds. The van der Waals surface area contributed by atoms with E-state index in [9.17, 15) is 4.79 Å². The number of nitrogens with zero attached hydrogens (tertiary/aromatic N) is 2. The highest BCUT2D eigenvalue weighted by atomic mass is 16.6. The molecule has 5 heteroatoms. The van der Waals surface area contributed by atoms with Crippen LogP contribution in [0.4, 0.5) is 0 Å². The minimum Gasteiger partial charge on any atom is -0.460 e. The maximum absolute atomic E-state index is 11.6. The highest BCUT2D eigenvalue weighted by molar-refractivity contribution is 5.70. The number of esters is 1. The highest BCUT2D eigenvalue weighted by Crippen LogP contribution is 2.15. The zero-order chi connectivity index (χ0) is 14.6. The van der Waals surface area contributed by atoms with Gasteiger partial charge in [-0.1, -0.05) is 0 Å². The number of aryl methyl sites for hydroxylation is 1. The lowest BCUT2D eigenvalue weighted by Crippen LogP contribution is -2.27. The lowest BCUT2D eigenvalue weighted by molar-refractivity contribution is -0.154. The van der Waals surface area contributed by atoms with E-state index >= 15 is 0 Å². The van der Waals surface area contributed by atoms with Crippen LogP contribution < -0.4 is 5.32 Å². The van der Waals surface area contributed by atoms with Crippen molar-refractivity contribution in [1.29, 1.82) is 0 Å². The Bertz CT molecular complexity index is 432. The fourth-order valence-electron chi connectivity index (χ4n) is 1.83. The fraction of sp³-hybridized carbons (Fsp3) is 0.714. The Hall–Kier alpha value is -1.36. The van der Waals surface area contributed by atoms with Crippen molar-refractivity contribution in [3.63, 3.8) is 0 Å². The zero-order valence-electron chi connectivity index (χ0n) is 12.8. The summed E-state index contributed by atoms with van der Waals surface area (Å²) in [6, 6.07) is 0.177. The summed E-state index contributed by atoms with van der Waals surface area (Å²) in [6.45, 7) is 10.3. The van der Waals surface area contributed by atoms with Crippen molar-refractivity contribution < 1.29 is 9.53 Å². The molecule has 1 N–H and O–H groups in total. The van der Waals surface area contributed by atoms with Crippen LogP contribution in [0.1, 0.15) is 51.4 Å². The van der Waals surface area contributed by atoms with Crippen LogP contribution >= 0.6 is 0 Å². The van der Waals surface area contributed by atoms with Gasteiger partial charge in [-0.25, -0.2) is 0 Å². The Morgan fingerprint density at radius 3 is 2.63 bits per heavy atom. The van der Waals surface area contributed by atoms with Crippen LogP contribution in [0.25, 0.3) is 0 Å². The van der Waals surface area contributed by atoms with Gasteiger partial charge in [0.15, 0.2) is 0 Å². The van der Waals surface area contributed by atoms with Crippen molar-refractivity contribution in [2.24, 2.45) is 7.05 Å². The summed E-state index contributed by atoms with van der Waals surface area (Å²) in [5.41, 5.74) is 1.88. The van der Waals surface area contributed by atoms with Crippen molar-refractivity contribution in [2.45, 2.75) is 52.7 Å². The van der Waals surface area contributed by atoms with Gasteiger partial charge in [-0.15, -0.1) is 0 Å². The third kappa shape index (κ3) is 5.03. The summed E-state index contributed by atoms with van der Waals surface area (Å²) in [6.07, 6.45) is 2.24. The second-order valence-electron chi connectivity index (χ2n) is 5.82. The number of nitrogens with one attached hydrogen (secondary N) is 1. The lowest BCUT2D eigenvalue weighted by atomic mass is 10.1. The smallest absolute Gasteiger partial charge is 0.307 e. The third-order valence-electron chi connectivity index (χ3n) is 2.94. The van der Waals surface area contributed by atoms with E-state index in [1.54, 1.807) is 0 Å². The SMILES string of the molecule is Cc1c(C(C)NCCC(=O)OC(C)(C)C)cnn1C. The fourth-order valence-corrected chi connectivity index (χ4v) is 1.83. The summed E-state index contributed by atoms with van der Waals surface area (Å²) in [7, 11) is 1.92. The molecule has 0 saturated carbocycles. The molecule has 108 valence electrons. The molecule has 1 unspecified atom stereocenters. The number of hydrogen-bond donors (Lipinski definition) is 1. The van der Waals surface area contributed by atoms with Crippen molar-refractivity contribution in [2.75, 3.05) is 6.54 Å². The predicted molar refractivity (Wildman–Crippen MR) is 74.8 cm³/mol. The molecule has 19 heavy (non-hydrogen) atoms. The van der Waals surface area contributed by atoms with Crippen molar-refractivity contribution >= 4 is 5.97 Å². The molecule has 1 rings (SSSR count). The van der Waals surface area contributed by atoms with E-state index in [1.807, 2.05) is 45.6 Å². The quantitative estimate of drug-likeness (QED) is 0.830. The van der Waals surface area contributed by atoms with E-state index in [0.717, 1.165) is 11.3 Å². The summed E-state index contributed by atoms with van der Waals surface area (Å²) in [5, 5.41) is 7.53. The first-order chi connectivity index (χ1) is 8.70. The van der Waals surface area contributed by atoms with E-state index < -0.39 is 5.60 Å². The molecular weight excluding hydrogens is 242 g/mol. The lowest BCUT2D eigenvalue weighted by Gasteiger charge is -2.20. The molecule has 1 aromatic rings. The maximum Gasteiger partial charge on any atom is 0.307 e. The number of rotatable bonds is 5. The molecule has 1 atom stereocenters. The van der Waals surface area contributed by atoms with Gasteiger partial charge in [-0.2, -0.15) is 5.10 Å². The summed E-state index contributed by atoms with van der Waals surface area (Å²) >= 11 is 0. The van der Waals surface area contributed by atoms with Gasteiger partial charge in [0, 0.05) is 30.9 Å². The number of hydrogen-bond acceptors (Lipinski definition) is 4. The molecule has 5 nitrogen and oxygen atoms in total. The molecule has 0 bridgehead atoms. The molecule has 0 spiro atoms. The largest absolute Gasteiger partial charge is 0.460 e. The summed E-state index contributed by atoms with van der Waals surface area (Å²) in [5.74, 6) is -0.171. The van der Waals surface area contributed by atoms with Gasteiger partial charge in [0.2, 0.25) is 0 Å². The van der Waals surface area contributed by atoms with Gasteiger partial charge in [0.05, 0.1) is 12.6 Å². The molecular formula is C14H25N3O2. The number of aromatic nitrogens is 2. The van der Waals surface area contributed by atoms with Gasteiger partial charge in [0.1, 0.15) is 5.60 Å². The average molecular weight is 267 g/mol. The molecule has 1 heterocycles. The minimum atomic E-state index is -0.414. The summed E-state index contributed by atoms with van der Waals surface area (Å²) in [4.78, 5) is 11.6. The first-order valence-corrected chi connectivity index (χ1v) is 6.64. The second kappa shape index (κ2) is 6.19. The van der Waals surface area contributed by atoms with Crippen molar-refractivity contribution in [1.82, 2.24) is 15.1 Å². The van der Waals surface area contributed by atoms with Crippen LogP contribution in [0.2, 0.25) is 0 Å². The Labute approximate surface area is 115 Å². The Kier molecular flexibility index (Phi) is 5.11. The van der Waals surface area contributed by atoms with Gasteiger partial charge >= 0.3 is 5.97 Å². The van der Waals surface area contributed by atoms with E-state index in [0.29, 0.717) is 13.0 Å². The van der Waals surface area contributed by atoms with Crippen LogP contribution in [0.5, 0.6) is 0 Å². The minimum absolute atomic E-state index is 0.171. The second-order valence-corrected chi connectivity index (χ2v) is 5.82. The number of ether oxygens (including phenoxy) is 1. The van der Waals surface area contributed by atoms with Gasteiger partial charge in [0.25, 0.3) is 0 Å². The van der Waals surface area contributed by atoms with Crippen molar-refractivity contribution in [3.05, 3.63) is 17.5 Å². The molecule has 0 aliphatic carbocycles. The van der Waals surface area contributed by atoms with Gasteiger partial charge < -0.3 is 10.1 Å². The van der Waals surface area contributed by atoms with Gasteiger partial charge in [-0.05, 0) is 34.6 Å². The van der Waals surface area contributed by atoms with Crippen LogP contribution in [-0.4, -0.2) is 27.9 Å². The van der Waals surface area contributed by atoms with Gasteiger partial charge in [-0.3, -0.25) is 9.48 Å². The Morgan fingerprint density at radius 2 is 2.16 bits per heavy atom. The normalized spacial score (nSPS) is 13.4. The molecule has 0 aliphatic heterocycles. The van der Waals surface area contributed by atoms with E-state index in [1.165, 1.54) is 0 Å². The molecule has 0 fully saturated rings. The zero-order valence-corrected chi connectivity index (χ0v) is 12.8. The molecule has 0 aromatic carbocycles. The first-order valence-electron chi connectivity index (χ1n) is 6.64. The number of carbonyl (C=O) groups excluding carboxylic acids is 1. The highest BCUT2D eigenvalue weighted by Gasteiger charge is 2.16. The topological polar surface area (TPSA) is 56.1 Å². The molecule has 1 aromatic heterocycles. The van der Waals surface area contributed by atoms with E-state index in [-0.39, 0.29) is 12.0 Å². The van der Waals surface area contributed by atoms with Crippen LogP contribution in [0, 0.1) is 6.92 Å². The molecule has 0 saturated heterocycles.